The van der Waals surface area contributed by atoms with E-state index >= 15 is 0 Å². The van der Waals surface area contributed by atoms with E-state index in [4.69, 9.17) is 5.26 Å². The maximum Gasteiger partial charge on any atom is 0.136 e. The van der Waals surface area contributed by atoms with Gasteiger partial charge >= 0.3 is 0 Å². The largest absolute Gasteiger partial charge is 0.307 e. The summed E-state index contributed by atoms with van der Waals surface area (Å²) >= 11 is 0. The van der Waals surface area contributed by atoms with Gasteiger partial charge in [-0.15, -0.1) is 0 Å². The molecule has 0 fully saturated rings. The van der Waals surface area contributed by atoms with Crippen molar-refractivity contribution in [1.29, 1.82) is 5.26 Å². The number of nitrogens with zero attached hydrogens (tertiary/aromatic N) is 1. The van der Waals surface area contributed by atoms with Crippen molar-refractivity contribution in [3.8, 4) is 6.07 Å². The van der Waals surface area contributed by atoms with Gasteiger partial charge < -0.3 is 10.1 Å². The van der Waals surface area contributed by atoms with Crippen LogP contribution in [0.15, 0.2) is 0 Å². The predicted molar refractivity (Wildman–Crippen MR) is 33.8 cm³/mol. The first kappa shape index (κ1) is 8.12. The Bertz CT molecular complexity index is 117. The minimum absolute atomic E-state index is 0.127. The van der Waals surface area contributed by atoms with Crippen LogP contribution in [0.4, 0.5) is 0 Å². The van der Waals surface area contributed by atoms with Gasteiger partial charge in [-0.2, -0.15) is 5.26 Å². The lowest BCUT2D eigenvalue weighted by Gasteiger charge is -2.01. The Balaban J connectivity index is 3.08. The van der Waals surface area contributed by atoms with Crippen molar-refractivity contribution in [3.05, 3.63) is 0 Å². The summed E-state index contributed by atoms with van der Waals surface area (Å²) in [5, 5.41) is 10.9. The quantitative estimate of drug-likeness (QED) is 0.428. The van der Waals surface area contributed by atoms with Crippen LogP contribution in [0, 0.1) is 11.3 Å². The fourth-order valence-electron chi connectivity index (χ4n) is 0.404. The maximum atomic E-state index is 9.95. The molecule has 0 aliphatic rings. The Labute approximate surface area is 54.7 Å². The summed E-state index contributed by atoms with van der Waals surface area (Å²) in [5.41, 5.74) is 0. The van der Waals surface area contributed by atoms with Crippen LogP contribution in [0.3, 0.4) is 0 Å². The highest BCUT2D eigenvalue weighted by molar-refractivity contribution is 5.56. The molecule has 0 aliphatic heterocycles. The smallest absolute Gasteiger partial charge is 0.136 e. The number of hydrogen-bond acceptors (Lipinski definition) is 3. The van der Waals surface area contributed by atoms with E-state index < -0.39 is 0 Å². The van der Waals surface area contributed by atoms with E-state index in [0.29, 0.717) is 13.0 Å². The molecular formula is C6H10N2O. The number of carbonyl (C=O) groups excluding carboxylic acids is 1. The molecular weight excluding hydrogens is 116 g/mol. The molecule has 0 aromatic rings. The van der Waals surface area contributed by atoms with E-state index in [1.165, 1.54) is 0 Å². The lowest BCUT2D eigenvalue weighted by molar-refractivity contribution is -0.109. The van der Waals surface area contributed by atoms with Gasteiger partial charge in [-0.25, -0.2) is 0 Å². The SMILES string of the molecule is CC(C=O)NCCC#N. The van der Waals surface area contributed by atoms with Crippen molar-refractivity contribution in [2.45, 2.75) is 19.4 Å². The Kier molecular flexibility index (Phi) is 4.75. The van der Waals surface area contributed by atoms with Crippen molar-refractivity contribution >= 4 is 6.29 Å². The summed E-state index contributed by atoms with van der Waals surface area (Å²) in [7, 11) is 0. The van der Waals surface area contributed by atoms with Crippen molar-refractivity contribution in [2.75, 3.05) is 6.54 Å². The molecule has 9 heavy (non-hydrogen) atoms. The standard InChI is InChI=1S/C6H10N2O/c1-6(5-9)8-4-2-3-7/h5-6,8H,2,4H2,1H3. The number of aldehydes is 1. The first-order valence-electron chi connectivity index (χ1n) is 2.87. The first-order valence-corrected chi connectivity index (χ1v) is 2.87. The second kappa shape index (κ2) is 5.26. The summed E-state index contributed by atoms with van der Waals surface area (Å²) < 4.78 is 0. The Morgan fingerprint density at radius 1 is 1.89 bits per heavy atom. The van der Waals surface area contributed by atoms with Gasteiger partial charge in [-0.05, 0) is 6.92 Å². The molecule has 1 unspecified atom stereocenters. The van der Waals surface area contributed by atoms with E-state index in [2.05, 4.69) is 5.32 Å². The van der Waals surface area contributed by atoms with E-state index in [1.807, 2.05) is 6.07 Å². The lowest BCUT2D eigenvalue weighted by atomic mass is 10.3. The average molecular weight is 126 g/mol. The zero-order valence-corrected chi connectivity index (χ0v) is 5.42. The highest BCUT2D eigenvalue weighted by atomic mass is 16.1. The molecule has 50 valence electrons. The first-order chi connectivity index (χ1) is 4.31. The van der Waals surface area contributed by atoms with Crippen LogP contribution in [0.1, 0.15) is 13.3 Å². The number of rotatable bonds is 4. The van der Waals surface area contributed by atoms with Gasteiger partial charge in [0.25, 0.3) is 0 Å². The molecule has 0 bridgehead atoms. The summed E-state index contributed by atoms with van der Waals surface area (Å²) in [6, 6.07) is 1.84. The number of hydrogen-bond donors (Lipinski definition) is 1. The summed E-state index contributed by atoms with van der Waals surface area (Å²) in [5.74, 6) is 0. The molecule has 0 saturated carbocycles. The third-order valence-corrected chi connectivity index (χ3v) is 0.907. The van der Waals surface area contributed by atoms with E-state index in [9.17, 15) is 4.79 Å². The van der Waals surface area contributed by atoms with Crippen LogP contribution >= 0.6 is 0 Å². The zero-order valence-electron chi connectivity index (χ0n) is 5.42. The molecule has 0 radical (unpaired) electrons. The second-order valence-corrected chi connectivity index (χ2v) is 1.79. The highest BCUT2D eigenvalue weighted by Crippen LogP contribution is 1.75. The lowest BCUT2D eigenvalue weighted by Crippen LogP contribution is -2.27. The van der Waals surface area contributed by atoms with Crippen molar-refractivity contribution < 1.29 is 4.79 Å². The molecule has 1 N–H and O–H groups in total. The average Bonchev–Trinajstić information content (AvgIpc) is 1.89. The summed E-state index contributed by atoms with van der Waals surface area (Å²) in [4.78, 5) is 9.95. The van der Waals surface area contributed by atoms with Gasteiger partial charge in [0.1, 0.15) is 6.29 Å². The van der Waals surface area contributed by atoms with Gasteiger partial charge in [-0.1, -0.05) is 0 Å². The van der Waals surface area contributed by atoms with Gasteiger partial charge in [0.2, 0.25) is 0 Å². The minimum Gasteiger partial charge on any atom is -0.307 e. The van der Waals surface area contributed by atoms with Crippen LogP contribution in [-0.4, -0.2) is 18.9 Å². The fraction of sp³-hybridized carbons (Fsp3) is 0.667. The molecule has 3 heteroatoms. The van der Waals surface area contributed by atoms with Crippen LogP contribution in [0.2, 0.25) is 0 Å². The van der Waals surface area contributed by atoms with Gasteiger partial charge in [0.15, 0.2) is 0 Å². The summed E-state index contributed by atoms with van der Waals surface area (Å²) in [6.45, 7) is 2.35. The third-order valence-electron chi connectivity index (χ3n) is 0.907. The molecule has 0 amide bonds. The maximum absolute atomic E-state index is 9.95. The minimum atomic E-state index is -0.127. The van der Waals surface area contributed by atoms with Crippen molar-refractivity contribution in [2.24, 2.45) is 0 Å². The molecule has 1 atom stereocenters. The van der Waals surface area contributed by atoms with Gasteiger partial charge in [0, 0.05) is 13.0 Å². The highest BCUT2D eigenvalue weighted by Gasteiger charge is 1.94. The number of nitriles is 1. The van der Waals surface area contributed by atoms with Crippen LogP contribution in [-0.2, 0) is 4.79 Å². The Hall–Kier alpha value is -0.880. The number of nitrogens with one attached hydrogen (secondary N) is 1. The van der Waals surface area contributed by atoms with Crippen LogP contribution in [0.5, 0.6) is 0 Å². The zero-order chi connectivity index (χ0) is 7.11. The molecule has 0 spiro atoms. The Morgan fingerprint density at radius 3 is 3.00 bits per heavy atom. The van der Waals surface area contributed by atoms with Crippen molar-refractivity contribution in [3.63, 3.8) is 0 Å². The van der Waals surface area contributed by atoms with Gasteiger partial charge in [-0.3, -0.25) is 0 Å². The molecule has 0 aromatic heterocycles. The van der Waals surface area contributed by atoms with E-state index in [-0.39, 0.29) is 6.04 Å². The van der Waals surface area contributed by atoms with Crippen LogP contribution in [0.25, 0.3) is 0 Å². The molecule has 0 saturated heterocycles. The topological polar surface area (TPSA) is 52.9 Å². The second-order valence-electron chi connectivity index (χ2n) is 1.79. The monoisotopic (exact) mass is 126 g/mol. The predicted octanol–water partition coefficient (Wildman–Crippen LogP) is 0.0771. The Morgan fingerprint density at radius 2 is 2.56 bits per heavy atom. The molecule has 0 aliphatic carbocycles. The normalized spacial score (nSPS) is 12.0. The number of carbonyl (C=O) groups is 1. The van der Waals surface area contributed by atoms with Crippen LogP contribution < -0.4 is 5.32 Å². The fourth-order valence-corrected chi connectivity index (χ4v) is 0.404. The molecule has 3 nitrogen and oxygen atoms in total. The van der Waals surface area contributed by atoms with E-state index in [1.54, 1.807) is 6.92 Å². The molecule has 0 rings (SSSR count). The van der Waals surface area contributed by atoms with E-state index in [0.717, 1.165) is 6.29 Å². The molecule has 0 aromatic carbocycles. The molecule has 0 heterocycles. The van der Waals surface area contributed by atoms with Gasteiger partial charge in [0.05, 0.1) is 12.1 Å². The third kappa shape index (κ3) is 4.98. The van der Waals surface area contributed by atoms with Crippen molar-refractivity contribution in [1.82, 2.24) is 5.32 Å². The summed E-state index contributed by atoms with van der Waals surface area (Å²) in [6.07, 6.45) is 1.27.